The summed E-state index contributed by atoms with van der Waals surface area (Å²) < 4.78 is 77.2. The topological polar surface area (TPSA) is 30.5 Å². The molecule has 9 heteroatoms. The Hall–Kier alpha value is -2.42. The predicted octanol–water partition coefficient (Wildman–Crippen LogP) is 6.75. The standard InChI is InChI=1S/C21H20F5NO2S/c1-11-8-14(19(22)23)18(9-16(11)21(24,25)26)29-10-15-13(12-6-7-12)4-3-5-17(15)27-20(30)28-2/h3-5,8-9,12,19H,6-7,10H2,1-2H3,(H,27,30). The van der Waals surface area contributed by atoms with Gasteiger partial charge in [0.2, 0.25) is 0 Å². The van der Waals surface area contributed by atoms with E-state index in [1.165, 1.54) is 7.11 Å². The first-order chi connectivity index (χ1) is 14.1. The summed E-state index contributed by atoms with van der Waals surface area (Å²) in [5, 5.41) is 3.01. The molecule has 1 saturated carbocycles. The SMILES string of the molecule is COC(=S)Nc1cccc(C2CC2)c1COc1cc(C(F)(F)F)c(C)cc1C(F)F. The van der Waals surface area contributed by atoms with E-state index in [2.05, 4.69) is 5.32 Å². The Morgan fingerprint density at radius 2 is 1.93 bits per heavy atom. The molecule has 0 unspecified atom stereocenters. The lowest BCUT2D eigenvalue weighted by Crippen LogP contribution is -2.14. The van der Waals surface area contributed by atoms with E-state index in [1.807, 2.05) is 12.1 Å². The summed E-state index contributed by atoms with van der Waals surface area (Å²) in [4.78, 5) is 0. The van der Waals surface area contributed by atoms with Crippen molar-refractivity contribution in [3.05, 3.63) is 58.1 Å². The number of hydrogen-bond donors (Lipinski definition) is 1. The van der Waals surface area contributed by atoms with Gasteiger partial charge in [0.25, 0.3) is 11.6 Å². The van der Waals surface area contributed by atoms with Crippen LogP contribution in [0.15, 0.2) is 30.3 Å². The summed E-state index contributed by atoms with van der Waals surface area (Å²) in [6.45, 7) is 0.954. The molecule has 0 aliphatic heterocycles. The second-order valence-corrected chi connectivity index (χ2v) is 7.43. The molecule has 0 radical (unpaired) electrons. The predicted molar refractivity (Wildman–Crippen MR) is 107 cm³/mol. The summed E-state index contributed by atoms with van der Waals surface area (Å²) in [5.41, 5.74) is 0.293. The molecule has 0 bridgehead atoms. The molecule has 3 rings (SSSR count). The molecule has 3 nitrogen and oxygen atoms in total. The summed E-state index contributed by atoms with van der Waals surface area (Å²) in [6, 6.07) is 6.90. The van der Waals surface area contributed by atoms with Crippen LogP contribution in [0.25, 0.3) is 0 Å². The average Bonchev–Trinajstić information content (AvgIpc) is 3.51. The number of nitrogens with one attached hydrogen (secondary N) is 1. The third-order valence-corrected chi connectivity index (χ3v) is 5.19. The molecule has 2 aromatic carbocycles. The largest absolute Gasteiger partial charge is 0.488 e. The Kier molecular flexibility index (Phi) is 6.50. The fourth-order valence-corrected chi connectivity index (χ4v) is 3.39. The fraction of sp³-hybridized carbons (Fsp3) is 0.381. The van der Waals surface area contributed by atoms with E-state index < -0.39 is 29.5 Å². The molecule has 0 amide bonds. The second kappa shape index (κ2) is 8.75. The first-order valence-electron chi connectivity index (χ1n) is 9.21. The normalized spacial score (nSPS) is 14.0. The number of methoxy groups -OCH3 is 1. The van der Waals surface area contributed by atoms with Crippen molar-refractivity contribution in [1.29, 1.82) is 0 Å². The molecule has 0 heterocycles. The van der Waals surface area contributed by atoms with Gasteiger partial charge in [-0.1, -0.05) is 12.1 Å². The van der Waals surface area contributed by atoms with Crippen LogP contribution in [0.4, 0.5) is 27.6 Å². The zero-order valence-corrected chi connectivity index (χ0v) is 17.1. The van der Waals surface area contributed by atoms with Crippen LogP contribution >= 0.6 is 12.2 Å². The third kappa shape index (κ3) is 5.00. The van der Waals surface area contributed by atoms with Gasteiger partial charge in [0.15, 0.2) is 0 Å². The van der Waals surface area contributed by atoms with Gasteiger partial charge in [0.1, 0.15) is 12.4 Å². The first-order valence-corrected chi connectivity index (χ1v) is 9.62. The molecule has 0 aromatic heterocycles. The zero-order valence-electron chi connectivity index (χ0n) is 16.3. The van der Waals surface area contributed by atoms with E-state index in [1.54, 1.807) is 6.07 Å². The van der Waals surface area contributed by atoms with Crippen LogP contribution in [0.5, 0.6) is 5.75 Å². The summed E-state index contributed by atoms with van der Waals surface area (Å²) >= 11 is 5.03. The second-order valence-electron chi connectivity index (χ2n) is 7.06. The number of ether oxygens (including phenoxy) is 2. The molecule has 1 aliphatic carbocycles. The van der Waals surface area contributed by atoms with E-state index >= 15 is 0 Å². The highest BCUT2D eigenvalue weighted by molar-refractivity contribution is 7.80. The van der Waals surface area contributed by atoms with Gasteiger partial charge >= 0.3 is 6.18 Å². The molecule has 1 fully saturated rings. The van der Waals surface area contributed by atoms with Gasteiger partial charge in [0.05, 0.1) is 18.2 Å². The van der Waals surface area contributed by atoms with Crippen molar-refractivity contribution in [2.75, 3.05) is 12.4 Å². The molecule has 0 spiro atoms. The molecule has 0 atom stereocenters. The van der Waals surface area contributed by atoms with E-state index in [9.17, 15) is 22.0 Å². The number of benzene rings is 2. The maximum absolute atomic E-state index is 13.5. The smallest absolute Gasteiger partial charge is 0.416 e. The Morgan fingerprint density at radius 3 is 2.50 bits per heavy atom. The lowest BCUT2D eigenvalue weighted by atomic mass is 10.0. The molecule has 2 aromatic rings. The lowest BCUT2D eigenvalue weighted by molar-refractivity contribution is -0.138. The van der Waals surface area contributed by atoms with Gasteiger partial charge in [-0.15, -0.1) is 0 Å². The summed E-state index contributed by atoms with van der Waals surface area (Å²) in [6.07, 6.45) is -5.71. The number of thiocarbonyl (C=S) groups is 1. The molecule has 0 saturated heterocycles. The van der Waals surface area contributed by atoms with Crippen molar-refractivity contribution in [2.24, 2.45) is 0 Å². The summed E-state index contributed by atoms with van der Waals surface area (Å²) in [7, 11) is 1.40. The molecule has 30 heavy (non-hydrogen) atoms. The fourth-order valence-electron chi connectivity index (χ4n) is 3.28. The Morgan fingerprint density at radius 1 is 1.23 bits per heavy atom. The van der Waals surface area contributed by atoms with E-state index in [0.717, 1.165) is 31.4 Å². The van der Waals surface area contributed by atoms with Gasteiger partial charge in [-0.2, -0.15) is 13.2 Å². The van der Waals surface area contributed by atoms with Crippen LogP contribution in [0.1, 0.15) is 53.0 Å². The quantitative estimate of drug-likeness (QED) is 0.394. The third-order valence-electron chi connectivity index (χ3n) is 4.92. The molecular weight excluding hydrogens is 425 g/mol. The lowest BCUT2D eigenvalue weighted by Gasteiger charge is -2.20. The highest BCUT2D eigenvalue weighted by Gasteiger charge is 2.34. The molecular formula is C21H20F5NO2S. The van der Waals surface area contributed by atoms with Crippen LogP contribution in [-0.4, -0.2) is 12.3 Å². The highest BCUT2D eigenvalue weighted by Crippen LogP contribution is 2.44. The van der Waals surface area contributed by atoms with Crippen molar-refractivity contribution in [3.63, 3.8) is 0 Å². The minimum Gasteiger partial charge on any atom is -0.488 e. The number of rotatable bonds is 6. The first kappa shape index (κ1) is 22.3. The highest BCUT2D eigenvalue weighted by atomic mass is 32.1. The minimum absolute atomic E-state index is 0.104. The van der Waals surface area contributed by atoms with Crippen LogP contribution in [0.2, 0.25) is 0 Å². The number of aryl methyl sites for hydroxylation is 1. The average molecular weight is 445 g/mol. The van der Waals surface area contributed by atoms with E-state index in [4.69, 9.17) is 21.7 Å². The monoisotopic (exact) mass is 445 g/mol. The van der Waals surface area contributed by atoms with Crippen molar-refractivity contribution < 1.29 is 31.4 Å². The molecule has 1 N–H and O–H groups in total. The number of hydrogen-bond acceptors (Lipinski definition) is 3. The van der Waals surface area contributed by atoms with E-state index in [-0.39, 0.29) is 17.3 Å². The van der Waals surface area contributed by atoms with Crippen molar-refractivity contribution >= 4 is 23.1 Å². The van der Waals surface area contributed by atoms with Gasteiger partial charge in [-0.25, -0.2) is 8.78 Å². The minimum atomic E-state index is -4.67. The summed E-state index contributed by atoms with van der Waals surface area (Å²) in [5.74, 6) is -0.200. The van der Waals surface area contributed by atoms with Crippen LogP contribution in [0.3, 0.4) is 0 Å². The molecule has 1 aliphatic rings. The number of halogens is 5. The number of alkyl halides is 5. The van der Waals surface area contributed by atoms with Gasteiger partial charge < -0.3 is 14.8 Å². The number of anilines is 1. The van der Waals surface area contributed by atoms with Crippen LogP contribution in [-0.2, 0) is 17.5 Å². The van der Waals surface area contributed by atoms with Crippen LogP contribution < -0.4 is 10.1 Å². The Balaban J connectivity index is 1.97. The van der Waals surface area contributed by atoms with Gasteiger partial charge in [-0.05, 0) is 67.2 Å². The van der Waals surface area contributed by atoms with Crippen molar-refractivity contribution in [3.8, 4) is 5.75 Å². The Labute approximate surface area is 176 Å². The maximum atomic E-state index is 13.5. The van der Waals surface area contributed by atoms with Gasteiger partial charge in [-0.3, -0.25) is 0 Å². The van der Waals surface area contributed by atoms with Crippen LogP contribution in [0, 0.1) is 6.92 Å². The van der Waals surface area contributed by atoms with E-state index in [0.29, 0.717) is 23.2 Å². The van der Waals surface area contributed by atoms with Crippen molar-refractivity contribution in [2.45, 2.75) is 44.9 Å². The molecule has 162 valence electrons. The van der Waals surface area contributed by atoms with Gasteiger partial charge in [0, 0.05) is 11.3 Å². The van der Waals surface area contributed by atoms with Crippen molar-refractivity contribution in [1.82, 2.24) is 0 Å². The maximum Gasteiger partial charge on any atom is 0.416 e. The Bertz CT molecular complexity index is 942. The zero-order chi connectivity index (χ0) is 22.1.